The van der Waals surface area contributed by atoms with Gasteiger partial charge in [0.25, 0.3) is 5.69 Å². The Morgan fingerprint density at radius 3 is 2.88 bits per heavy atom. The van der Waals surface area contributed by atoms with Gasteiger partial charge in [-0.1, -0.05) is 12.7 Å². The number of ether oxygens (including phenoxy) is 1. The lowest BCUT2D eigenvalue weighted by atomic mass is 10.1. The summed E-state index contributed by atoms with van der Waals surface area (Å²) in [6.07, 6.45) is 0.743. The maximum atomic E-state index is 10.6. The molecule has 5 nitrogen and oxygen atoms in total. The molecule has 0 heterocycles. The molecule has 0 aromatic heterocycles. The summed E-state index contributed by atoms with van der Waals surface area (Å²) in [6.45, 7) is 5.32. The van der Waals surface area contributed by atoms with Crippen molar-refractivity contribution in [2.24, 2.45) is 0 Å². The molecule has 0 fully saturated rings. The Balaban J connectivity index is 3.08. The Morgan fingerprint density at radius 2 is 2.38 bits per heavy atom. The second kappa shape index (κ2) is 5.27. The molecule has 0 aliphatic heterocycles. The SMILES string of the molecule is C=CCOc1ccc([N+](=O)[O-])cc1[C@@H](C)O. The molecule has 0 bridgehead atoms. The number of hydrogen-bond donors (Lipinski definition) is 1. The van der Waals surface area contributed by atoms with E-state index in [4.69, 9.17) is 4.74 Å². The fraction of sp³-hybridized carbons (Fsp3) is 0.273. The van der Waals surface area contributed by atoms with Gasteiger partial charge in [0.05, 0.1) is 11.0 Å². The van der Waals surface area contributed by atoms with Crippen molar-refractivity contribution in [3.63, 3.8) is 0 Å². The van der Waals surface area contributed by atoms with Crippen LogP contribution in [-0.4, -0.2) is 16.6 Å². The fourth-order valence-corrected chi connectivity index (χ4v) is 1.26. The van der Waals surface area contributed by atoms with E-state index in [2.05, 4.69) is 6.58 Å². The van der Waals surface area contributed by atoms with E-state index in [9.17, 15) is 15.2 Å². The molecule has 0 saturated carbocycles. The third-order valence-corrected chi connectivity index (χ3v) is 2.01. The summed E-state index contributed by atoms with van der Waals surface area (Å²) in [5.41, 5.74) is 0.331. The van der Waals surface area contributed by atoms with Gasteiger partial charge in [-0.2, -0.15) is 0 Å². The molecule has 0 saturated heterocycles. The molecule has 86 valence electrons. The average molecular weight is 223 g/mol. The van der Waals surface area contributed by atoms with Crippen LogP contribution in [0, 0.1) is 10.1 Å². The molecule has 1 N–H and O–H groups in total. The minimum Gasteiger partial charge on any atom is -0.489 e. The van der Waals surface area contributed by atoms with Crippen molar-refractivity contribution in [1.82, 2.24) is 0 Å². The third-order valence-electron chi connectivity index (χ3n) is 2.01. The predicted molar refractivity (Wildman–Crippen MR) is 59.4 cm³/mol. The highest BCUT2D eigenvalue weighted by molar-refractivity contribution is 5.44. The van der Waals surface area contributed by atoms with Crippen LogP contribution in [0.2, 0.25) is 0 Å². The second-order valence-electron chi connectivity index (χ2n) is 3.25. The van der Waals surface area contributed by atoms with E-state index < -0.39 is 11.0 Å². The fourth-order valence-electron chi connectivity index (χ4n) is 1.26. The number of hydrogen-bond acceptors (Lipinski definition) is 4. The summed E-state index contributed by atoms with van der Waals surface area (Å²) in [5.74, 6) is 0.431. The molecule has 0 aliphatic rings. The molecule has 0 spiro atoms. The number of nitrogens with zero attached hydrogens (tertiary/aromatic N) is 1. The van der Waals surface area contributed by atoms with Crippen molar-refractivity contribution in [3.8, 4) is 5.75 Å². The molecular formula is C11H13NO4. The van der Waals surface area contributed by atoms with Gasteiger partial charge in [0.15, 0.2) is 0 Å². The molecule has 5 heteroatoms. The topological polar surface area (TPSA) is 72.6 Å². The van der Waals surface area contributed by atoms with Gasteiger partial charge in [-0.3, -0.25) is 10.1 Å². The highest BCUT2D eigenvalue weighted by atomic mass is 16.6. The summed E-state index contributed by atoms with van der Waals surface area (Å²) in [6, 6.07) is 4.12. The quantitative estimate of drug-likeness (QED) is 0.472. The van der Waals surface area contributed by atoms with E-state index in [1.54, 1.807) is 6.08 Å². The first-order chi connectivity index (χ1) is 7.56. The van der Waals surface area contributed by atoms with Gasteiger partial charge in [-0.25, -0.2) is 0 Å². The third kappa shape index (κ3) is 2.80. The van der Waals surface area contributed by atoms with Crippen molar-refractivity contribution in [1.29, 1.82) is 0 Å². The van der Waals surface area contributed by atoms with Gasteiger partial charge in [0.1, 0.15) is 12.4 Å². The highest BCUT2D eigenvalue weighted by Crippen LogP contribution is 2.29. The van der Waals surface area contributed by atoms with Gasteiger partial charge in [-0.05, 0) is 13.0 Å². The summed E-state index contributed by atoms with van der Waals surface area (Å²) < 4.78 is 5.28. The lowest BCUT2D eigenvalue weighted by Gasteiger charge is -2.11. The van der Waals surface area contributed by atoms with Crippen LogP contribution in [0.4, 0.5) is 5.69 Å². The van der Waals surface area contributed by atoms with Crippen molar-refractivity contribution < 1.29 is 14.8 Å². The first kappa shape index (κ1) is 12.2. The lowest BCUT2D eigenvalue weighted by molar-refractivity contribution is -0.385. The molecule has 1 aromatic rings. The van der Waals surface area contributed by atoms with E-state index in [0.29, 0.717) is 11.3 Å². The molecule has 0 aliphatic carbocycles. The Morgan fingerprint density at radius 1 is 1.69 bits per heavy atom. The zero-order chi connectivity index (χ0) is 12.1. The molecule has 0 radical (unpaired) electrons. The van der Waals surface area contributed by atoms with Crippen LogP contribution in [-0.2, 0) is 0 Å². The number of aliphatic hydroxyl groups is 1. The second-order valence-corrected chi connectivity index (χ2v) is 3.25. The molecule has 0 amide bonds. The number of aliphatic hydroxyl groups excluding tert-OH is 1. The van der Waals surface area contributed by atoms with Crippen LogP contribution in [0.1, 0.15) is 18.6 Å². The van der Waals surface area contributed by atoms with Gasteiger partial charge in [0.2, 0.25) is 0 Å². The smallest absolute Gasteiger partial charge is 0.270 e. The number of non-ortho nitro benzene ring substituents is 1. The maximum absolute atomic E-state index is 10.6. The molecule has 1 aromatic carbocycles. The Bertz CT molecular complexity index is 401. The van der Waals surface area contributed by atoms with Gasteiger partial charge in [0, 0.05) is 17.7 Å². The summed E-state index contributed by atoms with van der Waals surface area (Å²) in [4.78, 5) is 10.1. The first-order valence-electron chi connectivity index (χ1n) is 4.76. The summed E-state index contributed by atoms with van der Waals surface area (Å²) >= 11 is 0. The lowest BCUT2D eigenvalue weighted by Crippen LogP contribution is -2.01. The van der Waals surface area contributed by atoms with Crippen LogP contribution >= 0.6 is 0 Å². The standard InChI is InChI=1S/C11H13NO4/c1-3-6-16-11-5-4-9(12(14)15)7-10(11)8(2)13/h3-5,7-8,13H,1,6H2,2H3/t8-/m1/s1. The monoisotopic (exact) mass is 223 g/mol. The van der Waals surface area contributed by atoms with Crippen molar-refractivity contribution in [2.75, 3.05) is 6.61 Å². The van der Waals surface area contributed by atoms with Gasteiger partial charge < -0.3 is 9.84 Å². The predicted octanol–water partition coefficient (Wildman–Crippen LogP) is 2.21. The minimum absolute atomic E-state index is 0.0677. The highest BCUT2D eigenvalue weighted by Gasteiger charge is 2.14. The van der Waals surface area contributed by atoms with Crippen molar-refractivity contribution in [3.05, 3.63) is 46.5 Å². The Hall–Kier alpha value is -1.88. The zero-order valence-electron chi connectivity index (χ0n) is 8.92. The molecule has 16 heavy (non-hydrogen) atoms. The number of nitro benzene ring substituents is 1. The van der Waals surface area contributed by atoms with Crippen molar-refractivity contribution >= 4 is 5.69 Å². The molecule has 1 atom stereocenters. The van der Waals surface area contributed by atoms with E-state index >= 15 is 0 Å². The van der Waals surface area contributed by atoms with E-state index in [1.165, 1.54) is 25.1 Å². The van der Waals surface area contributed by atoms with Crippen LogP contribution < -0.4 is 4.74 Å². The maximum Gasteiger partial charge on any atom is 0.270 e. The number of rotatable bonds is 5. The van der Waals surface area contributed by atoms with Gasteiger partial charge in [-0.15, -0.1) is 0 Å². The number of benzene rings is 1. The van der Waals surface area contributed by atoms with E-state index in [1.807, 2.05) is 0 Å². The summed E-state index contributed by atoms with van der Waals surface area (Å²) in [7, 11) is 0. The van der Waals surface area contributed by atoms with Crippen molar-refractivity contribution in [2.45, 2.75) is 13.0 Å². The normalized spacial score (nSPS) is 11.9. The zero-order valence-corrected chi connectivity index (χ0v) is 8.92. The van der Waals surface area contributed by atoms with Crippen LogP contribution in [0.25, 0.3) is 0 Å². The first-order valence-corrected chi connectivity index (χ1v) is 4.76. The van der Waals surface area contributed by atoms with Crippen LogP contribution in [0.15, 0.2) is 30.9 Å². The number of nitro groups is 1. The molecule has 1 rings (SSSR count). The molecule has 0 unspecified atom stereocenters. The largest absolute Gasteiger partial charge is 0.489 e. The van der Waals surface area contributed by atoms with Crippen LogP contribution in [0.5, 0.6) is 5.75 Å². The van der Waals surface area contributed by atoms with Gasteiger partial charge >= 0.3 is 0 Å². The average Bonchev–Trinajstić information content (AvgIpc) is 2.25. The summed E-state index contributed by atoms with van der Waals surface area (Å²) in [5, 5.41) is 20.0. The molecular weight excluding hydrogens is 210 g/mol. The van der Waals surface area contributed by atoms with Crippen LogP contribution in [0.3, 0.4) is 0 Å². The van der Waals surface area contributed by atoms with E-state index in [0.717, 1.165) is 0 Å². The Labute approximate surface area is 93.1 Å². The minimum atomic E-state index is -0.820. The Kier molecular flexibility index (Phi) is 4.02. The van der Waals surface area contributed by atoms with E-state index in [-0.39, 0.29) is 12.3 Å².